The molecule has 2 N–H and O–H groups in total. The Hall–Kier alpha value is -2.67. The normalized spacial score (nSPS) is 10.3. The molecule has 0 aliphatic heterocycles. The number of aryl methyl sites for hydroxylation is 1. The van der Waals surface area contributed by atoms with Crippen molar-refractivity contribution >= 4 is 11.4 Å². The fourth-order valence-electron chi connectivity index (χ4n) is 1.99. The Balaban J connectivity index is 2.52. The van der Waals surface area contributed by atoms with Gasteiger partial charge in [-0.15, -0.1) is 0 Å². The number of rotatable bonds is 6. The van der Waals surface area contributed by atoms with Crippen molar-refractivity contribution < 1.29 is 14.8 Å². The van der Waals surface area contributed by atoms with Crippen molar-refractivity contribution in [1.82, 2.24) is 4.98 Å². The van der Waals surface area contributed by atoms with Crippen molar-refractivity contribution in [2.75, 3.05) is 18.5 Å². The van der Waals surface area contributed by atoms with E-state index in [-0.39, 0.29) is 24.7 Å². The highest BCUT2D eigenvalue weighted by Crippen LogP contribution is 2.39. The number of ether oxygens (including phenoxy) is 1. The van der Waals surface area contributed by atoms with Crippen molar-refractivity contribution in [2.45, 2.75) is 13.8 Å². The first-order valence-electron chi connectivity index (χ1n) is 6.77. The number of aliphatic hydroxyl groups excluding tert-OH is 1. The lowest BCUT2D eigenvalue weighted by molar-refractivity contribution is -0.385. The van der Waals surface area contributed by atoms with Crippen molar-refractivity contribution in [3.63, 3.8) is 0 Å². The number of nitro groups is 1. The van der Waals surface area contributed by atoms with Crippen LogP contribution in [-0.2, 0) is 0 Å². The number of pyridine rings is 1. The van der Waals surface area contributed by atoms with E-state index in [4.69, 9.17) is 9.84 Å². The minimum absolute atomic E-state index is 0.0697. The lowest BCUT2D eigenvalue weighted by atomic mass is 10.1. The molecule has 0 fully saturated rings. The molecule has 7 heteroatoms. The van der Waals surface area contributed by atoms with E-state index in [0.717, 1.165) is 0 Å². The summed E-state index contributed by atoms with van der Waals surface area (Å²) in [5.74, 6) is 0.397. The maximum absolute atomic E-state index is 11.4. The van der Waals surface area contributed by atoms with Gasteiger partial charge in [0.1, 0.15) is 11.4 Å². The Morgan fingerprint density at radius 2 is 2.00 bits per heavy atom. The number of hydrogen-bond acceptors (Lipinski definition) is 6. The lowest BCUT2D eigenvalue weighted by Gasteiger charge is -2.14. The van der Waals surface area contributed by atoms with Gasteiger partial charge < -0.3 is 15.2 Å². The summed E-state index contributed by atoms with van der Waals surface area (Å²) in [7, 11) is 0. The molecular weight excluding hydrogens is 286 g/mol. The number of anilines is 1. The third-order valence-electron chi connectivity index (χ3n) is 3.18. The van der Waals surface area contributed by atoms with Crippen LogP contribution < -0.4 is 10.1 Å². The summed E-state index contributed by atoms with van der Waals surface area (Å²) < 4.78 is 5.57. The minimum atomic E-state index is -0.530. The van der Waals surface area contributed by atoms with Crippen LogP contribution in [0.1, 0.15) is 11.3 Å². The maximum atomic E-state index is 11.4. The van der Waals surface area contributed by atoms with Gasteiger partial charge in [0.05, 0.1) is 11.5 Å². The minimum Gasteiger partial charge on any atom is -0.434 e. The first kappa shape index (κ1) is 15.7. The zero-order valence-electron chi connectivity index (χ0n) is 12.4. The quantitative estimate of drug-likeness (QED) is 0.629. The number of hydrogen-bond donors (Lipinski definition) is 2. The first-order chi connectivity index (χ1) is 10.5. The predicted octanol–water partition coefficient (Wildman–Crippen LogP) is 2.80. The molecule has 0 unspecified atom stereocenters. The van der Waals surface area contributed by atoms with Crippen LogP contribution in [0.15, 0.2) is 30.3 Å². The molecule has 0 radical (unpaired) electrons. The van der Waals surface area contributed by atoms with E-state index < -0.39 is 4.92 Å². The molecule has 0 atom stereocenters. The molecule has 0 bridgehead atoms. The summed E-state index contributed by atoms with van der Waals surface area (Å²) in [6.45, 7) is 3.56. The molecule has 1 aromatic heterocycles. The summed E-state index contributed by atoms with van der Waals surface area (Å²) in [5, 5.41) is 23.3. The van der Waals surface area contributed by atoms with Gasteiger partial charge in [0, 0.05) is 17.8 Å². The molecular formula is C15H17N3O4. The van der Waals surface area contributed by atoms with Crippen LogP contribution in [0.25, 0.3) is 0 Å². The number of benzene rings is 1. The van der Waals surface area contributed by atoms with Crippen molar-refractivity contribution in [2.24, 2.45) is 0 Å². The molecule has 1 heterocycles. The van der Waals surface area contributed by atoms with Crippen LogP contribution >= 0.6 is 0 Å². The largest absolute Gasteiger partial charge is 0.434 e. The molecule has 116 valence electrons. The van der Waals surface area contributed by atoms with Crippen molar-refractivity contribution in [1.29, 1.82) is 0 Å². The highest BCUT2D eigenvalue weighted by molar-refractivity contribution is 5.71. The highest BCUT2D eigenvalue weighted by Gasteiger charge is 2.27. The number of aliphatic hydroxyl groups is 1. The standard InChI is InChI=1S/C15H17N3O4/c1-10-11(2)17-15(22-12-6-4-3-5-7-12)14(18(20)21)13(10)16-8-9-19/h3-7,19H,8-9H2,1-2H3,(H,16,17). The first-order valence-corrected chi connectivity index (χ1v) is 6.77. The Morgan fingerprint density at radius 1 is 1.32 bits per heavy atom. The number of aromatic nitrogens is 1. The van der Waals surface area contributed by atoms with Gasteiger partial charge in [-0.1, -0.05) is 18.2 Å². The van der Waals surface area contributed by atoms with Gasteiger partial charge in [-0.25, -0.2) is 4.98 Å². The second kappa shape index (κ2) is 6.86. The maximum Gasteiger partial charge on any atom is 0.354 e. The van der Waals surface area contributed by atoms with Crippen LogP contribution in [0.3, 0.4) is 0 Å². The Kier molecular flexibility index (Phi) is 4.90. The van der Waals surface area contributed by atoms with Gasteiger partial charge in [0.25, 0.3) is 0 Å². The average Bonchev–Trinajstić information content (AvgIpc) is 2.49. The lowest BCUT2D eigenvalue weighted by Crippen LogP contribution is -2.11. The van der Waals surface area contributed by atoms with Crippen LogP contribution in [0, 0.1) is 24.0 Å². The molecule has 0 spiro atoms. The van der Waals surface area contributed by atoms with E-state index in [0.29, 0.717) is 22.7 Å². The van der Waals surface area contributed by atoms with Crippen LogP contribution in [0.4, 0.5) is 11.4 Å². The SMILES string of the molecule is Cc1nc(Oc2ccccc2)c([N+](=O)[O-])c(NCCO)c1C. The average molecular weight is 303 g/mol. The third kappa shape index (κ3) is 3.32. The van der Waals surface area contributed by atoms with E-state index >= 15 is 0 Å². The molecule has 0 saturated carbocycles. The van der Waals surface area contributed by atoms with Gasteiger partial charge in [0.15, 0.2) is 0 Å². The van der Waals surface area contributed by atoms with E-state index in [1.54, 1.807) is 38.1 Å². The summed E-state index contributed by atoms with van der Waals surface area (Å²) in [6, 6.07) is 8.76. The predicted molar refractivity (Wildman–Crippen MR) is 82.5 cm³/mol. The summed E-state index contributed by atoms with van der Waals surface area (Å²) in [5.41, 5.74) is 1.36. The van der Waals surface area contributed by atoms with Gasteiger partial charge >= 0.3 is 11.6 Å². The summed E-state index contributed by atoms with van der Waals surface area (Å²) in [4.78, 5) is 15.1. The van der Waals surface area contributed by atoms with Crippen LogP contribution in [-0.4, -0.2) is 28.2 Å². The van der Waals surface area contributed by atoms with Gasteiger partial charge in [0.2, 0.25) is 0 Å². The molecule has 0 aliphatic rings. The van der Waals surface area contributed by atoms with E-state index in [1.165, 1.54) is 0 Å². The molecule has 0 aliphatic carbocycles. The third-order valence-corrected chi connectivity index (χ3v) is 3.18. The van der Waals surface area contributed by atoms with Crippen LogP contribution in [0.2, 0.25) is 0 Å². The number of nitrogens with zero attached hydrogens (tertiary/aromatic N) is 2. The summed E-state index contributed by atoms with van der Waals surface area (Å²) in [6.07, 6.45) is 0. The fourth-order valence-corrected chi connectivity index (χ4v) is 1.99. The fraction of sp³-hybridized carbons (Fsp3) is 0.267. The Labute approximate surface area is 127 Å². The molecule has 2 rings (SSSR count). The molecule has 1 aromatic carbocycles. The monoisotopic (exact) mass is 303 g/mol. The van der Waals surface area contributed by atoms with Gasteiger partial charge in [-0.2, -0.15) is 0 Å². The molecule has 2 aromatic rings. The van der Waals surface area contributed by atoms with E-state index in [9.17, 15) is 10.1 Å². The summed E-state index contributed by atoms with van der Waals surface area (Å²) >= 11 is 0. The number of para-hydroxylation sites is 1. The van der Waals surface area contributed by atoms with Crippen molar-refractivity contribution in [3.05, 3.63) is 51.7 Å². The van der Waals surface area contributed by atoms with Crippen LogP contribution in [0.5, 0.6) is 11.6 Å². The smallest absolute Gasteiger partial charge is 0.354 e. The molecule has 7 nitrogen and oxygen atoms in total. The number of nitrogens with one attached hydrogen (secondary N) is 1. The van der Waals surface area contributed by atoms with Gasteiger partial charge in [-0.05, 0) is 26.0 Å². The topological polar surface area (TPSA) is 97.5 Å². The van der Waals surface area contributed by atoms with Crippen molar-refractivity contribution in [3.8, 4) is 11.6 Å². The zero-order chi connectivity index (χ0) is 16.1. The molecule has 0 amide bonds. The second-order valence-corrected chi connectivity index (χ2v) is 4.67. The Morgan fingerprint density at radius 3 is 2.59 bits per heavy atom. The second-order valence-electron chi connectivity index (χ2n) is 4.67. The zero-order valence-corrected chi connectivity index (χ0v) is 12.4. The van der Waals surface area contributed by atoms with E-state index in [1.807, 2.05) is 6.07 Å². The molecule has 22 heavy (non-hydrogen) atoms. The van der Waals surface area contributed by atoms with Gasteiger partial charge in [-0.3, -0.25) is 10.1 Å². The Bertz CT molecular complexity index is 674. The van der Waals surface area contributed by atoms with E-state index in [2.05, 4.69) is 10.3 Å². The highest BCUT2D eigenvalue weighted by atomic mass is 16.6. The molecule has 0 saturated heterocycles.